The number of hydrogen-bond acceptors (Lipinski definition) is 2. The van der Waals surface area contributed by atoms with Gasteiger partial charge in [0.15, 0.2) is 0 Å². The Labute approximate surface area is 141 Å². The van der Waals surface area contributed by atoms with Crippen molar-refractivity contribution >= 4 is 11.6 Å². The molecule has 3 aromatic rings. The van der Waals surface area contributed by atoms with Crippen molar-refractivity contribution in [2.75, 3.05) is 5.32 Å². The SMILES string of the molecule is O=C(Nc1ccncc1)C1c2ccccc2CCc2ccccc21. The molecule has 0 unspecified atom stereocenters. The molecule has 3 nitrogen and oxygen atoms in total. The summed E-state index contributed by atoms with van der Waals surface area (Å²) in [6, 6.07) is 20.2. The standard InChI is InChI=1S/C21H18N2O/c24-21(23-17-11-13-22-14-12-17)20-18-7-3-1-5-15(18)9-10-16-6-2-4-8-19(16)20/h1-8,11-14,20H,9-10H2,(H,22,23,24). The summed E-state index contributed by atoms with van der Waals surface area (Å²) in [6.45, 7) is 0. The molecule has 0 fully saturated rings. The zero-order valence-electron chi connectivity index (χ0n) is 13.3. The van der Waals surface area contributed by atoms with Crippen LogP contribution >= 0.6 is 0 Å². The van der Waals surface area contributed by atoms with Crippen molar-refractivity contribution in [2.45, 2.75) is 18.8 Å². The number of aromatic nitrogens is 1. The van der Waals surface area contributed by atoms with E-state index < -0.39 is 0 Å². The maximum Gasteiger partial charge on any atom is 0.236 e. The van der Waals surface area contributed by atoms with Gasteiger partial charge in [0, 0.05) is 18.1 Å². The van der Waals surface area contributed by atoms with Crippen molar-refractivity contribution in [1.29, 1.82) is 0 Å². The predicted molar refractivity (Wildman–Crippen MR) is 95.0 cm³/mol. The van der Waals surface area contributed by atoms with E-state index in [2.05, 4.69) is 34.6 Å². The van der Waals surface area contributed by atoms with Crippen molar-refractivity contribution < 1.29 is 4.79 Å². The van der Waals surface area contributed by atoms with Gasteiger partial charge in [-0.25, -0.2) is 0 Å². The molecule has 1 aliphatic carbocycles. The molecule has 1 amide bonds. The largest absolute Gasteiger partial charge is 0.325 e. The first-order chi connectivity index (χ1) is 11.8. The molecular formula is C21H18N2O. The van der Waals surface area contributed by atoms with Crippen LogP contribution in [0.2, 0.25) is 0 Å². The van der Waals surface area contributed by atoms with Crippen LogP contribution in [0.4, 0.5) is 5.69 Å². The lowest BCUT2D eigenvalue weighted by atomic mass is 9.87. The van der Waals surface area contributed by atoms with Crippen LogP contribution in [0.25, 0.3) is 0 Å². The fourth-order valence-corrected chi connectivity index (χ4v) is 3.46. The van der Waals surface area contributed by atoms with Crippen molar-refractivity contribution in [3.05, 3.63) is 95.3 Å². The molecule has 0 aliphatic heterocycles. The van der Waals surface area contributed by atoms with E-state index in [1.807, 2.05) is 36.4 Å². The van der Waals surface area contributed by atoms with Crippen molar-refractivity contribution in [1.82, 2.24) is 4.98 Å². The van der Waals surface area contributed by atoms with Gasteiger partial charge in [-0.05, 0) is 47.2 Å². The third kappa shape index (κ3) is 2.69. The molecule has 0 bridgehead atoms. The molecule has 118 valence electrons. The van der Waals surface area contributed by atoms with E-state index in [9.17, 15) is 4.79 Å². The number of fused-ring (bicyclic) bond motifs is 2. The number of rotatable bonds is 2. The second-order valence-electron chi connectivity index (χ2n) is 6.06. The predicted octanol–water partition coefficient (Wildman–Crippen LogP) is 3.95. The number of anilines is 1. The molecule has 0 saturated carbocycles. The average Bonchev–Trinajstić information content (AvgIpc) is 2.79. The summed E-state index contributed by atoms with van der Waals surface area (Å²) in [7, 11) is 0. The second kappa shape index (κ2) is 6.28. The van der Waals surface area contributed by atoms with E-state index in [1.165, 1.54) is 11.1 Å². The minimum Gasteiger partial charge on any atom is -0.325 e. The third-order valence-electron chi connectivity index (χ3n) is 4.61. The molecule has 4 rings (SSSR count). The monoisotopic (exact) mass is 314 g/mol. The lowest BCUT2D eigenvalue weighted by Crippen LogP contribution is -2.23. The van der Waals surface area contributed by atoms with E-state index >= 15 is 0 Å². The molecular weight excluding hydrogens is 296 g/mol. The summed E-state index contributed by atoms with van der Waals surface area (Å²) in [6.07, 6.45) is 5.30. The Kier molecular flexibility index (Phi) is 3.83. The first kappa shape index (κ1) is 14.6. The number of aryl methyl sites for hydroxylation is 2. The maximum atomic E-state index is 13.1. The first-order valence-electron chi connectivity index (χ1n) is 8.19. The molecule has 0 radical (unpaired) electrons. The Hall–Kier alpha value is -2.94. The van der Waals surface area contributed by atoms with Gasteiger partial charge in [0.05, 0.1) is 5.92 Å². The molecule has 0 saturated heterocycles. The van der Waals surface area contributed by atoms with E-state index in [1.54, 1.807) is 12.4 Å². The molecule has 3 heteroatoms. The molecule has 0 spiro atoms. The van der Waals surface area contributed by atoms with Crippen LogP contribution < -0.4 is 5.32 Å². The fraction of sp³-hybridized carbons (Fsp3) is 0.143. The fourth-order valence-electron chi connectivity index (χ4n) is 3.46. The summed E-state index contributed by atoms with van der Waals surface area (Å²) < 4.78 is 0. The quantitative estimate of drug-likeness (QED) is 0.778. The zero-order valence-corrected chi connectivity index (χ0v) is 13.3. The average molecular weight is 314 g/mol. The summed E-state index contributed by atoms with van der Waals surface area (Å²) in [5.74, 6) is -0.281. The normalized spacial score (nSPS) is 13.5. The summed E-state index contributed by atoms with van der Waals surface area (Å²) in [5.41, 5.74) is 5.49. The van der Waals surface area contributed by atoms with Crippen molar-refractivity contribution in [3.63, 3.8) is 0 Å². The van der Waals surface area contributed by atoms with Gasteiger partial charge >= 0.3 is 0 Å². The minimum absolute atomic E-state index is 0.00278. The summed E-state index contributed by atoms with van der Waals surface area (Å²) >= 11 is 0. The number of pyridine rings is 1. The van der Waals surface area contributed by atoms with Gasteiger partial charge in [-0.2, -0.15) is 0 Å². The highest BCUT2D eigenvalue weighted by molar-refractivity contribution is 5.98. The highest BCUT2D eigenvalue weighted by Crippen LogP contribution is 2.35. The van der Waals surface area contributed by atoms with E-state index in [0.717, 1.165) is 29.7 Å². The highest BCUT2D eigenvalue weighted by atomic mass is 16.1. The maximum absolute atomic E-state index is 13.1. The van der Waals surface area contributed by atoms with Crippen LogP contribution in [0.1, 0.15) is 28.2 Å². The molecule has 24 heavy (non-hydrogen) atoms. The molecule has 2 aromatic carbocycles. The van der Waals surface area contributed by atoms with E-state index in [0.29, 0.717) is 0 Å². The van der Waals surface area contributed by atoms with E-state index in [4.69, 9.17) is 0 Å². The lowest BCUT2D eigenvalue weighted by Gasteiger charge is -2.20. The number of amides is 1. The first-order valence-corrected chi connectivity index (χ1v) is 8.19. The number of nitrogens with one attached hydrogen (secondary N) is 1. The van der Waals surface area contributed by atoms with Gasteiger partial charge in [-0.1, -0.05) is 48.5 Å². The van der Waals surface area contributed by atoms with Crippen molar-refractivity contribution in [2.24, 2.45) is 0 Å². The van der Waals surface area contributed by atoms with Crippen LogP contribution in [0.15, 0.2) is 73.1 Å². The number of nitrogens with zero attached hydrogens (tertiary/aromatic N) is 1. The summed E-state index contributed by atoms with van der Waals surface area (Å²) in [5, 5.41) is 3.04. The van der Waals surface area contributed by atoms with Gasteiger partial charge in [-0.15, -0.1) is 0 Å². The van der Waals surface area contributed by atoms with Crippen LogP contribution in [0, 0.1) is 0 Å². The molecule has 1 aliphatic rings. The Morgan fingerprint density at radius 2 is 1.38 bits per heavy atom. The Morgan fingerprint density at radius 1 is 0.833 bits per heavy atom. The topological polar surface area (TPSA) is 42.0 Å². The van der Waals surface area contributed by atoms with Crippen LogP contribution in [-0.4, -0.2) is 10.9 Å². The van der Waals surface area contributed by atoms with Gasteiger partial charge in [0.1, 0.15) is 0 Å². The molecule has 1 aromatic heterocycles. The number of benzene rings is 2. The second-order valence-corrected chi connectivity index (χ2v) is 6.06. The minimum atomic E-state index is -0.284. The van der Waals surface area contributed by atoms with Gasteiger partial charge in [0.2, 0.25) is 5.91 Å². The third-order valence-corrected chi connectivity index (χ3v) is 4.61. The molecule has 1 heterocycles. The smallest absolute Gasteiger partial charge is 0.236 e. The van der Waals surface area contributed by atoms with Crippen LogP contribution in [0.5, 0.6) is 0 Å². The van der Waals surface area contributed by atoms with Gasteiger partial charge in [-0.3, -0.25) is 9.78 Å². The number of hydrogen-bond donors (Lipinski definition) is 1. The van der Waals surface area contributed by atoms with E-state index in [-0.39, 0.29) is 11.8 Å². The Bertz CT molecular complexity index is 826. The Balaban J connectivity index is 1.79. The van der Waals surface area contributed by atoms with Gasteiger partial charge < -0.3 is 5.32 Å². The number of carbonyl (C=O) groups is 1. The summed E-state index contributed by atoms with van der Waals surface area (Å²) in [4.78, 5) is 17.1. The molecule has 1 N–H and O–H groups in total. The van der Waals surface area contributed by atoms with Gasteiger partial charge in [0.25, 0.3) is 0 Å². The van der Waals surface area contributed by atoms with Crippen molar-refractivity contribution in [3.8, 4) is 0 Å². The molecule has 0 atom stereocenters. The Morgan fingerprint density at radius 3 is 1.96 bits per heavy atom. The highest BCUT2D eigenvalue weighted by Gasteiger charge is 2.29. The number of carbonyl (C=O) groups excluding carboxylic acids is 1. The lowest BCUT2D eigenvalue weighted by molar-refractivity contribution is -0.116. The van der Waals surface area contributed by atoms with Crippen LogP contribution in [-0.2, 0) is 17.6 Å². The van der Waals surface area contributed by atoms with Crippen LogP contribution in [0.3, 0.4) is 0 Å². The zero-order chi connectivity index (χ0) is 16.4.